The maximum absolute atomic E-state index is 14.0. The van der Waals surface area contributed by atoms with Gasteiger partial charge in [-0.15, -0.1) is 0 Å². The third kappa shape index (κ3) is 5.53. The Bertz CT molecular complexity index is 793. The summed E-state index contributed by atoms with van der Waals surface area (Å²) >= 11 is 1.72. The lowest BCUT2D eigenvalue weighted by Crippen LogP contribution is -2.34. The van der Waals surface area contributed by atoms with Crippen LogP contribution in [0, 0.1) is 11.6 Å². The molecule has 0 bridgehead atoms. The molecule has 7 heteroatoms. The van der Waals surface area contributed by atoms with Crippen molar-refractivity contribution in [3.05, 3.63) is 53.4 Å². The van der Waals surface area contributed by atoms with Gasteiger partial charge in [-0.1, -0.05) is 17.8 Å². The van der Waals surface area contributed by atoms with E-state index in [-0.39, 0.29) is 11.5 Å². The number of likely N-dealkylation sites (tertiary alicyclic amines) is 2. The third-order valence-corrected chi connectivity index (χ3v) is 6.70. The number of rotatable bonds is 7. The molecule has 1 atom stereocenters. The molecule has 1 aromatic carbocycles. The van der Waals surface area contributed by atoms with Crippen molar-refractivity contribution in [2.45, 2.75) is 43.3 Å². The number of benzene rings is 1. The van der Waals surface area contributed by atoms with E-state index in [9.17, 15) is 8.78 Å². The lowest BCUT2D eigenvalue weighted by atomic mass is 9.94. The van der Waals surface area contributed by atoms with Gasteiger partial charge in [0, 0.05) is 48.8 Å². The van der Waals surface area contributed by atoms with Gasteiger partial charge in [-0.05, 0) is 63.5 Å². The summed E-state index contributed by atoms with van der Waals surface area (Å²) in [6, 6.07) is 6.06. The highest BCUT2D eigenvalue weighted by Crippen LogP contribution is 2.28. The zero-order chi connectivity index (χ0) is 20.1. The van der Waals surface area contributed by atoms with Crippen molar-refractivity contribution >= 4 is 11.8 Å². The van der Waals surface area contributed by atoms with Gasteiger partial charge in [-0.2, -0.15) is 0 Å². The van der Waals surface area contributed by atoms with E-state index in [1.807, 2.05) is 12.3 Å². The maximum Gasteiger partial charge on any atom is 0.187 e. The molecule has 2 fully saturated rings. The summed E-state index contributed by atoms with van der Waals surface area (Å²) in [4.78, 5) is 13.9. The highest BCUT2D eigenvalue weighted by molar-refractivity contribution is 7.99. The van der Waals surface area contributed by atoms with Crippen LogP contribution in [0.1, 0.15) is 42.9 Å². The molecule has 2 aliphatic heterocycles. The maximum atomic E-state index is 14.0. The highest BCUT2D eigenvalue weighted by Gasteiger charge is 2.24. The molecule has 29 heavy (non-hydrogen) atoms. The highest BCUT2D eigenvalue weighted by atomic mass is 32.2. The third-order valence-electron chi connectivity index (χ3n) is 5.86. The number of hydrogen-bond donors (Lipinski definition) is 0. The molecule has 0 saturated carbocycles. The first kappa shape index (κ1) is 20.7. The summed E-state index contributed by atoms with van der Waals surface area (Å²) in [6.45, 7) is 5.43. The van der Waals surface area contributed by atoms with Crippen molar-refractivity contribution in [2.75, 3.05) is 38.5 Å². The summed E-state index contributed by atoms with van der Waals surface area (Å²) < 4.78 is 28.0. The van der Waals surface area contributed by atoms with Gasteiger partial charge in [0.2, 0.25) is 0 Å². The molecular weight excluding hydrogens is 390 g/mol. The number of thioether (sulfide) groups is 1. The van der Waals surface area contributed by atoms with E-state index in [4.69, 9.17) is 4.98 Å². The van der Waals surface area contributed by atoms with Gasteiger partial charge in [0.15, 0.2) is 5.16 Å². The Morgan fingerprint density at radius 3 is 2.55 bits per heavy atom. The summed E-state index contributed by atoms with van der Waals surface area (Å²) in [5.41, 5.74) is 1.20. The van der Waals surface area contributed by atoms with Crippen LogP contribution in [0.5, 0.6) is 0 Å². The van der Waals surface area contributed by atoms with Crippen LogP contribution in [0.2, 0.25) is 0 Å². The minimum absolute atomic E-state index is 0.161. The monoisotopic (exact) mass is 418 g/mol. The second-order valence-corrected chi connectivity index (χ2v) is 9.00. The number of nitrogens with zero attached hydrogens (tertiary/aromatic N) is 4. The van der Waals surface area contributed by atoms with Gasteiger partial charge < -0.3 is 4.90 Å². The number of halogens is 2. The summed E-state index contributed by atoms with van der Waals surface area (Å²) in [5.74, 6) is 0.350. The fraction of sp³-hybridized carbons (Fsp3) is 0.545. The second-order valence-electron chi connectivity index (χ2n) is 7.94. The Kier molecular flexibility index (Phi) is 7.11. The standard InChI is InChI=1S/C22H28F2N4S/c23-19-6-3-7-20(24)18(19)16-28-12-4-5-17(15-28)21-8-9-25-22(26-21)29-14-13-27-10-1-2-11-27/h3,6-9,17H,1-2,4-5,10-16H2/t17-/m1/s1. The average Bonchev–Trinajstić information content (AvgIpc) is 3.25. The van der Waals surface area contributed by atoms with Crippen LogP contribution in [0.3, 0.4) is 0 Å². The molecule has 0 unspecified atom stereocenters. The van der Waals surface area contributed by atoms with Gasteiger partial charge in [-0.25, -0.2) is 18.7 Å². The van der Waals surface area contributed by atoms with Crippen LogP contribution in [0.25, 0.3) is 0 Å². The molecule has 1 aromatic heterocycles. The Labute approximate surface area is 175 Å². The largest absolute Gasteiger partial charge is 0.303 e. The number of aromatic nitrogens is 2. The lowest BCUT2D eigenvalue weighted by molar-refractivity contribution is 0.193. The van der Waals surface area contributed by atoms with Gasteiger partial charge in [0.05, 0.1) is 0 Å². The zero-order valence-corrected chi connectivity index (χ0v) is 17.5. The van der Waals surface area contributed by atoms with Gasteiger partial charge >= 0.3 is 0 Å². The minimum Gasteiger partial charge on any atom is -0.303 e. The molecule has 2 aromatic rings. The van der Waals surface area contributed by atoms with Crippen LogP contribution in [0.4, 0.5) is 8.78 Å². The smallest absolute Gasteiger partial charge is 0.187 e. The Balaban J connectivity index is 1.35. The van der Waals surface area contributed by atoms with Crippen molar-refractivity contribution in [3.63, 3.8) is 0 Å². The quantitative estimate of drug-likeness (QED) is 0.494. The average molecular weight is 419 g/mol. The molecule has 0 amide bonds. The summed E-state index contributed by atoms with van der Waals surface area (Å²) in [7, 11) is 0. The molecule has 2 aliphatic rings. The first-order valence-corrected chi connectivity index (χ1v) is 11.5. The Morgan fingerprint density at radius 1 is 1.00 bits per heavy atom. The van der Waals surface area contributed by atoms with E-state index in [0.29, 0.717) is 6.54 Å². The zero-order valence-electron chi connectivity index (χ0n) is 16.7. The topological polar surface area (TPSA) is 32.3 Å². The van der Waals surface area contributed by atoms with Crippen molar-refractivity contribution in [2.24, 2.45) is 0 Å². The molecule has 4 rings (SSSR count). The number of hydrogen-bond acceptors (Lipinski definition) is 5. The van der Waals surface area contributed by atoms with Crippen molar-refractivity contribution in [3.8, 4) is 0 Å². The van der Waals surface area contributed by atoms with Crippen LogP contribution in [-0.4, -0.2) is 58.2 Å². The first-order valence-electron chi connectivity index (χ1n) is 10.5. The van der Waals surface area contributed by atoms with Gasteiger partial charge in [0.1, 0.15) is 11.6 Å². The predicted octanol–water partition coefficient (Wildman–Crippen LogP) is 4.32. The van der Waals surface area contributed by atoms with Crippen LogP contribution in [-0.2, 0) is 6.54 Å². The molecule has 0 aliphatic carbocycles. The Morgan fingerprint density at radius 2 is 1.76 bits per heavy atom. The molecule has 0 radical (unpaired) electrons. The van der Waals surface area contributed by atoms with E-state index < -0.39 is 11.6 Å². The fourth-order valence-electron chi connectivity index (χ4n) is 4.27. The summed E-state index contributed by atoms with van der Waals surface area (Å²) in [5, 5.41) is 0.832. The van der Waals surface area contributed by atoms with Crippen molar-refractivity contribution < 1.29 is 8.78 Å². The molecule has 3 heterocycles. The van der Waals surface area contributed by atoms with E-state index in [2.05, 4.69) is 14.8 Å². The SMILES string of the molecule is Fc1cccc(F)c1CN1CCC[C@@H](c2ccnc(SCCN3CCCC3)n2)C1. The van der Waals surface area contributed by atoms with Gasteiger partial charge in [0.25, 0.3) is 0 Å². The predicted molar refractivity (Wildman–Crippen MR) is 112 cm³/mol. The van der Waals surface area contributed by atoms with Crippen molar-refractivity contribution in [1.82, 2.24) is 19.8 Å². The molecule has 0 N–H and O–H groups in total. The molecule has 0 spiro atoms. The fourth-order valence-corrected chi connectivity index (χ4v) is 5.11. The molecule has 4 nitrogen and oxygen atoms in total. The molecule has 156 valence electrons. The van der Waals surface area contributed by atoms with Crippen LogP contribution in [0.15, 0.2) is 35.6 Å². The molecule has 2 saturated heterocycles. The van der Waals surface area contributed by atoms with E-state index in [0.717, 1.165) is 49.1 Å². The van der Waals surface area contributed by atoms with E-state index >= 15 is 0 Å². The number of piperidine rings is 1. The lowest BCUT2D eigenvalue weighted by Gasteiger charge is -2.32. The summed E-state index contributed by atoms with van der Waals surface area (Å²) in [6.07, 6.45) is 6.51. The normalized spacial score (nSPS) is 21.0. The van der Waals surface area contributed by atoms with Crippen LogP contribution >= 0.6 is 11.8 Å². The molecular formula is C22H28F2N4S. The van der Waals surface area contributed by atoms with E-state index in [1.165, 1.54) is 44.1 Å². The van der Waals surface area contributed by atoms with Crippen LogP contribution < -0.4 is 0 Å². The Hall–Kier alpha value is -1.57. The first-order chi connectivity index (χ1) is 14.2. The van der Waals surface area contributed by atoms with Gasteiger partial charge in [-0.3, -0.25) is 4.90 Å². The minimum atomic E-state index is -0.467. The van der Waals surface area contributed by atoms with Crippen molar-refractivity contribution in [1.29, 1.82) is 0 Å². The van der Waals surface area contributed by atoms with E-state index in [1.54, 1.807) is 11.8 Å². The second kappa shape index (κ2) is 9.96.